The van der Waals surface area contributed by atoms with Gasteiger partial charge in [-0.05, 0) is 42.2 Å². The first-order valence-electron chi connectivity index (χ1n) is 7.56. The molecule has 0 radical (unpaired) electrons. The second kappa shape index (κ2) is 6.89. The van der Waals surface area contributed by atoms with E-state index in [9.17, 15) is 4.79 Å². The second-order valence-electron chi connectivity index (χ2n) is 6.38. The first-order chi connectivity index (χ1) is 9.52. The molecule has 0 amide bonds. The fraction of sp³-hybridized carbons (Fsp3) is 0.588. The van der Waals surface area contributed by atoms with Crippen LogP contribution in [0.4, 0.5) is 0 Å². The standard InChI is InChI=1S/C17H25NO2/c1-12-7-13(2)9-16(8-12)18-11-15-5-3-14(4-6-15)10-17(19)20/h3-6,12-13,16,18H,7-11H2,1-2H3,(H,19,20). The van der Waals surface area contributed by atoms with Gasteiger partial charge in [-0.2, -0.15) is 0 Å². The summed E-state index contributed by atoms with van der Waals surface area (Å²) in [5.41, 5.74) is 2.09. The van der Waals surface area contributed by atoms with E-state index in [1.165, 1.54) is 24.8 Å². The summed E-state index contributed by atoms with van der Waals surface area (Å²) >= 11 is 0. The third-order valence-corrected chi connectivity index (χ3v) is 4.15. The molecule has 2 atom stereocenters. The Labute approximate surface area is 121 Å². The monoisotopic (exact) mass is 275 g/mol. The molecule has 0 bridgehead atoms. The molecule has 1 aliphatic rings. The van der Waals surface area contributed by atoms with Crippen LogP contribution >= 0.6 is 0 Å². The highest BCUT2D eigenvalue weighted by Crippen LogP contribution is 2.28. The molecular weight excluding hydrogens is 250 g/mol. The van der Waals surface area contributed by atoms with Crippen molar-refractivity contribution in [1.29, 1.82) is 0 Å². The van der Waals surface area contributed by atoms with Crippen LogP contribution in [0.3, 0.4) is 0 Å². The molecule has 0 saturated heterocycles. The van der Waals surface area contributed by atoms with Crippen LogP contribution in [0.2, 0.25) is 0 Å². The van der Waals surface area contributed by atoms with E-state index in [1.807, 2.05) is 24.3 Å². The van der Waals surface area contributed by atoms with Crippen molar-refractivity contribution in [1.82, 2.24) is 5.32 Å². The van der Waals surface area contributed by atoms with Crippen LogP contribution in [0.15, 0.2) is 24.3 Å². The molecule has 2 rings (SSSR count). The van der Waals surface area contributed by atoms with Crippen LogP contribution in [0.1, 0.15) is 44.2 Å². The Kier molecular flexibility index (Phi) is 5.18. The van der Waals surface area contributed by atoms with Gasteiger partial charge in [0, 0.05) is 12.6 Å². The summed E-state index contributed by atoms with van der Waals surface area (Å²) in [6, 6.07) is 8.50. The van der Waals surface area contributed by atoms with Gasteiger partial charge in [0.25, 0.3) is 0 Å². The summed E-state index contributed by atoms with van der Waals surface area (Å²) in [7, 11) is 0. The molecule has 3 heteroatoms. The van der Waals surface area contributed by atoms with Gasteiger partial charge < -0.3 is 10.4 Å². The summed E-state index contributed by atoms with van der Waals surface area (Å²) in [4.78, 5) is 10.6. The number of carboxylic acid groups (broad SMARTS) is 1. The third-order valence-electron chi connectivity index (χ3n) is 4.15. The average Bonchev–Trinajstić information content (AvgIpc) is 2.36. The number of carboxylic acids is 1. The SMILES string of the molecule is CC1CC(C)CC(NCc2ccc(CC(=O)O)cc2)C1. The number of hydrogen-bond donors (Lipinski definition) is 2. The zero-order chi connectivity index (χ0) is 14.5. The minimum absolute atomic E-state index is 0.103. The normalized spacial score (nSPS) is 26.4. The molecule has 20 heavy (non-hydrogen) atoms. The maximum Gasteiger partial charge on any atom is 0.307 e. The van der Waals surface area contributed by atoms with Gasteiger partial charge in [0.2, 0.25) is 0 Å². The highest BCUT2D eigenvalue weighted by atomic mass is 16.4. The summed E-state index contributed by atoms with van der Waals surface area (Å²) < 4.78 is 0. The third kappa shape index (κ3) is 4.64. The molecule has 110 valence electrons. The van der Waals surface area contributed by atoms with Crippen molar-refractivity contribution in [2.45, 2.75) is 52.1 Å². The molecule has 1 saturated carbocycles. The minimum Gasteiger partial charge on any atom is -0.481 e. The Bertz CT molecular complexity index is 431. The summed E-state index contributed by atoms with van der Waals surface area (Å²) in [5.74, 6) is 0.851. The predicted octanol–water partition coefficient (Wildman–Crippen LogP) is 3.23. The van der Waals surface area contributed by atoms with Crippen molar-refractivity contribution < 1.29 is 9.90 Å². The summed E-state index contributed by atoms with van der Waals surface area (Å²) in [5, 5.41) is 12.4. The summed E-state index contributed by atoms with van der Waals surface area (Å²) in [6.45, 7) is 5.55. The van der Waals surface area contributed by atoms with Crippen molar-refractivity contribution in [3.63, 3.8) is 0 Å². The smallest absolute Gasteiger partial charge is 0.307 e. The Morgan fingerprint density at radius 1 is 1.10 bits per heavy atom. The van der Waals surface area contributed by atoms with Crippen LogP contribution in [-0.2, 0) is 17.8 Å². The topological polar surface area (TPSA) is 49.3 Å². The Morgan fingerprint density at radius 3 is 2.20 bits per heavy atom. The van der Waals surface area contributed by atoms with E-state index in [0.29, 0.717) is 6.04 Å². The van der Waals surface area contributed by atoms with Gasteiger partial charge in [-0.15, -0.1) is 0 Å². The lowest BCUT2D eigenvalue weighted by atomic mass is 9.80. The van der Waals surface area contributed by atoms with Crippen molar-refractivity contribution in [3.8, 4) is 0 Å². The molecule has 0 aromatic heterocycles. The number of hydrogen-bond acceptors (Lipinski definition) is 2. The Morgan fingerprint density at radius 2 is 1.65 bits per heavy atom. The van der Waals surface area contributed by atoms with E-state index >= 15 is 0 Å². The van der Waals surface area contributed by atoms with E-state index < -0.39 is 5.97 Å². The van der Waals surface area contributed by atoms with Crippen LogP contribution in [0.5, 0.6) is 0 Å². The molecule has 0 aliphatic heterocycles. The lowest BCUT2D eigenvalue weighted by Crippen LogP contribution is -2.35. The predicted molar refractivity (Wildman–Crippen MR) is 80.6 cm³/mol. The van der Waals surface area contributed by atoms with E-state index in [4.69, 9.17) is 5.11 Å². The number of nitrogens with one attached hydrogen (secondary N) is 1. The number of carbonyl (C=O) groups is 1. The zero-order valence-corrected chi connectivity index (χ0v) is 12.4. The number of aliphatic carboxylic acids is 1. The van der Waals surface area contributed by atoms with Crippen molar-refractivity contribution in [2.75, 3.05) is 0 Å². The maximum atomic E-state index is 10.6. The van der Waals surface area contributed by atoms with Gasteiger partial charge in [-0.1, -0.05) is 38.1 Å². The molecule has 3 nitrogen and oxygen atoms in total. The molecule has 0 heterocycles. The van der Waals surface area contributed by atoms with Crippen molar-refractivity contribution in [2.24, 2.45) is 11.8 Å². The van der Waals surface area contributed by atoms with Crippen LogP contribution in [0, 0.1) is 11.8 Å². The first kappa shape index (κ1) is 15.0. The van der Waals surface area contributed by atoms with Gasteiger partial charge in [-0.25, -0.2) is 0 Å². The lowest BCUT2D eigenvalue weighted by molar-refractivity contribution is -0.136. The molecule has 2 N–H and O–H groups in total. The van der Waals surface area contributed by atoms with Gasteiger partial charge >= 0.3 is 5.97 Å². The Hall–Kier alpha value is -1.35. The molecule has 1 aliphatic carbocycles. The lowest BCUT2D eigenvalue weighted by Gasteiger charge is -2.32. The number of benzene rings is 1. The average molecular weight is 275 g/mol. The fourth-order valence-electron chi connectivity index (χ4n) is 3.33. The minimum atomic E-state index is -0.777. The summed E-state index contributed by atoms with van der Waals surface area (Å²) in [6.07, 6.45) is 3.98. The quantitative estimate of drug-likeness (QED) is 0.867. The van der Waals surface area contributed by atoms with Gasteiger partial charge in [0.1, 0.15) is 0 Å². The molecule has 2 unspecified atom stereocenters. The molecule has 1 aromatic rings. The first-order valence-corrected chi connectivity index (χ1v) is 7.56. The molecular formula is C17H25NO2. The van der Waals surface area contributed by atoms with E-state index in [-0.39, 0.29) is 6.42 Å². The highest BCUT2D eigenvalue weighted by molar-refractivity contribution is 5.70. The molecule has 1 aromatic carbocycles. The van der Waals surface area contributed by atoms with Gasteiger partial charge in [0.15, 0.2) is 0 Å². The maximum absolute atomic E-state index is 10.6. The van der Waals surface area contributed by atoms with Gasteiger partial charge in [-0.3, -0.25) is 4.79 Å². The van der Waals surface area contributed by atoms with E-state index in [2.05, 4.69) is 19.2 Å². The highest BCUT2D eigenvalue weighted by Gasteiger charge is 2.23. The van der Waals surface area contributed by atoms with Gasteiger partial charge in [0.05, 0.1) is 6.42 Å². The second-order valence-corrected chi connectivity index (χ2v) is 6.38. The van der Waals surface area contributed by atoms with E-state index in [1.54, 1.807) is 0 Å². The number of rotatable bonds is 5. The van der Waals surface area contributed by atoms with Crippen molar-refractivity contribution >= 4 is 5.97 Å². The van der Waals surface area contributed by atoms with Crippen molar-refractivity contribution in [3.05, 3.63) is 35.4 Å². The molecule has 1 fully saturated rings. The van der Waals surface area contributed by atoms with Crippen LogP contribution in [0.25, 0.3) is 0 Å². The Balaban J connectivity index is 1.83. The fourth-order valence-corrected chi connectivity index (χ4v) is 3.33. The van der Waals surface area contributed by atoms with E-state index in [0.717, 1.165) is 23.9 Å². The zero-order valence-electron chi connectivity index (χ0n) is 12.4. The van der Waals surface area contributed by atoms with Crippen LogP contribution in [-0.4, -0.2) is 17.1 Å². The molecule has 0 spiro atoms. The van der Waals surface area contributed by atoms with Crippen LogP contribution < -0.4 is 5.32 Å². The largest absolute Gasteiger partial charge is 0.481 e.